The molecule has 7 nitrogen and oxygen atoms in total. The van der Waals surface area contributed by atoms with Crippen LogP contribution in [0.15, 0.2) is 23.1 Å². The van der Waals surface area contributed by atoms with Crippen molar-refractivity contribution >= 4 is 27.5 Å². The molecule has 0 atom stereocenters. The van der Waals surface area contributed by atoms with Crippen LogP contribution >= 0.6 is 0 Å². The molecule has 0 aliphatic carbocycles. The summed E-state index contributed by atoms with van der Waals surface area (Å²) < 4.78 is 27.4. The van der Waals surface area contributed by atoms with Crippen molar-refractivity contribution in [1.82, 2.24) is 9.21 Å². The topological polar surface area (TPSA) is 78.0 Å². The number of amides is 2. The van der Waals surface area contributed by atoms with Crippen LogP contribution in [-0.2, 0) is 26.0 Å². The van der Waals surface area contributed by atoms with Crippen molar-refractivity contribution in [2.75, 3.05) is 37.6 Å². The lowest BCUT2D eigenvalue weighted by atomic mass is 10.2. The summed E-state index contributed by atoms with van der Waals surface area (Å²) in [5, 5.41) is 0. The Hall–Kier alpha value is -1.93. The predicted molar refractivity (Wildman–Crippen MR) is 110 cm³/mol. The minimum Gasteiger partial charge on any atom is -0.333 e. The number of rotatable bonds is 4. The summed E-state index contributed by atoms with van der Waals surface area (Å²) in [6, 6.07) is 5.09. The Balaban J connectivity index is 1.49. The van der Waals surface area contributed by atoms with Gasteiger partial charge in [0.1, 0.15) is 6.54 Å². The van der Waals surface area contributed by atoms with E-state index in [0.29, 0.717) is 43.9 Å². The third-order valence-electron chi connectivity index (χ3n) is 6.20. The van der Waals surface area contributed by atoms with E-state index in [0.717, 1.165) is 49.8 Å². The van der Waals surface area contributed by atoms with E-state index in [4.69, 9.17) is 0 Å². The first kappa shape index (κ1) is 20.3. The molecule has 0 radical (unpaired) electrons. The number of hydrogen-bond donors (Lipinski definition) is 0. The number of nitrogens with zero attached hydrogens (tertiary/aromatic N) is 3. The van der Waals surface area contributed by atoms with Gasteiger partial charge in [-0.2, -0.15) is 4.31 Å². The summed E-state index contributed by atoms with van der Waals surface area (Å²) >= 11 is 0. The highest BCUT2D eigenvalue weighted by Crippen LogP contribution is 2.32. The van der Waals surface area contributed by atoms with Crippen molar-refractivity contribution in [1.29, 1.82) is 0 Å². The van der Waals surface area contributed by atoms with Crippen LogP contribution in [0.3, 0.4) is 0 Å². The second kappa shape index (κ2) is 8.44. The molecule has 29 heavy (non-hydrogen) atoms. The smallest absolute Gasteiger partial charge is 0.246 e. The highest BCUT2D eigenvalue weighted by Gasteiger charge is 2.31. The summed E-state index contributed by atoms with van der Waals surface area (Å²) in [5.41, 5.74) is 1.66. The zero-order valence-electron chi connectivity index (χ0n) is 16.8. The Kier molecular flexibility index (Phi) is 5.92. The fourth-order valence-corrected chi connectivity index (χ4v) is 6.07. The molecule has 0 bridgehead atoms. The van der Waals surface area contributed by atoms with Crippen LogP contribution in [0.5, 0.6) is 0 Å². The third kappa shape index (κ3) is 4.19. The van der Waals surface area contributed by atoms with Gasteiger partial charge in [-0.3, -0.25) is 9.59 Å². The molecule has 1 aromatic carbocycles. The first-order valence-corrected chi connectivity index (χ1v) is 12.1. The number of hydrogen-bond acceptors (Lipinski definition) is 4. The van der Waals surface area contributed by atoms with Crippen LogP contribution < -0.4 is 4.90 Å². The van der Waals surface area contributed by atoms with E-state index in [2.05, 4.69) is 0 Å². The van der Waals surface area contributed by atoms with Gasteiger partial charge >= 0.3 is 0 Å². The maximum Gasteiger partial charge on any atom is 0.246 e. The maximum atomic E-state index is 12.9. The van der Waals surface area contributed by atoms with Crippen molar-refractivity contribution < 1.29 is 18.0 Å². The fourth-order valence-electron chi connectivity index (χ4n) is 4.51. The van der Waals surface area contributed by atoms with Crippen molar-refractivity contribution in [3.05, 3.63) is 23.8 Å². The minimum absolute atomic E-state index is 0.0539. The second-order valence-corrected chi connectivity index (χ2v) is 10.1. The Morgan fingerprint density at radius 1 is 0.897 bits per heavy atom. The van der Waals surface area contributed by atoms with E-state index >= 15 is 0 Å². The zero-order valence-corrected chi connectivity index (χ0v) is 17.6. The molecule has 3 heterocycles. The first-order chi connectivity index (χ1) is 14.0. The van der Waals surface area contributed by atoms with Crippen LogP contribution in [-0.4, -0.2) is 62.2 Å². The van der Waals surface area contributed by atoms with Gasteiger partial charge < -0.3 is 9.80 Å². The number of sulfonamides is 1. The number of carbonyl (C=O) groups excluding carboxylic acids is 2. The summed E-state index contributed by atoms with van der Waals surface area (Å²) in [7, 11) is -3.48. The Morgan fingerprint density at radius 2 is 1.62 bits per heavy atom. The van der Waals surface area contributed by atoms with Gasteiger partial charge in [-0.25, -0.2) is 8.42 Å². The first-order valence-electron chi connectivity index (χ1n) is 10.7. The predicted octanol–water partition coefficient (Wildman–Crippen LogP) is 2.15. The molecular formula is C21H29N3O4S. The van der Waals surface area contributed by atoms with Gasteiger partial charge in [-0.05, 0) is 55.9 Å². The third-order valence-corrected chi connectivity index (χ3v) is 8.09. The molecule has 3 aliphatic heterocycles. The molecule has 158 valence electrons. The summed E-state index contributed by atoms with van der Waals surface area (Å²) in [4.78, 5) is 28.8. The number of carbonyl (C=O) groups is 2. The lowest BCUT2D eigenvalue weighted by Crippen LogP contribution is -2.42. The van der Waals surface area contributed by atoms with E-state index in [1.807, 2.05) is 0 Å². The summed E-state index contributed by atoms with van der Waals surface area (Å²) in [5.74, 6) is -0.0381. The molecule has 8 heteroatoms. The second-order valence-electron chi connectivity index (χ2n) is 8.18. The van der Waals surface area contributed by atoms with Gasteiger partial charge in [0, 0.05) is 38.3 Å². The van der Waals surface area contributed by atoms with Gasteiger partial charge in [0.05, 0.1) is 4.90 Å². The number of likely N-dealkylation sites (tertiary alicyclic amines) is 1. The van der Waals surface area contributed by atoms with E-state index in [-0.39, 0.29) is 18.4 Å². The van der Waals surface area contributed by atoms with Crippen molar-refractivity contribution in [2.24, 2.45) is 0 Å². The molecule has 0 aromatic heterocycles. The van der Waals surface area contributed by atoms with Gasteiger partial charge in [0.2, 0.25) is 21.8 Å². The monoisotopic (exact) mass is 419 g/mol. The largest absolute Gasteiger partial charge is 0.333 e. The molecular weight excluding hydrogens is 390 g/mol. The van der Waals surface area contributed by atoms with Crippen molar-refractivity contribution in [3.8, 4) is 0 Å². The van der Waals surface area contributed by atoms with E-state index < -0.39 is 10.0 Å². The molecule has 0 N–H and O–H groups in total. The Bertz CT molecular complexity index is 893. The van der Waals surface area contributed by atoms with Crippen LogP contribution in [0.25, 0.3) is 0 Å². The molecule has 2 amide bonds. The molecule has 3 aliphatic rings. The molecule has 2 saturated heterocycles. The lowest BCUT2D eigenvalue weighted by Gasteiger charge is -2.26. The number of fused-ring (bicyclic) bond motifs is 1. The average molecular weight is 420 g/mol. The summed E-state index contributed by atoms with van der Waals surface area (Å²) in [6.07, 6.45) is 6.89. The number of benzene rings is 1. The maximum absolute atomic E-state index is 12.9. The fraction of sp³-hybridized carbons (Fsp3) is 0.619. The molecule has 0 spiro atoms. The molecule has 0 saturated carbocycles. The van der Waals surface area contributed by atoms with Gasteiger partial charge in [0.25, 0.3) is 0 Å². The zero-order chi connectivity index (χ0) is 20.4. The molecule has 0 unspecified atom stereocenters. The van der Waals surface area contributed by atoms with Crippen LogP contribution in [0, 0.1) is 0 Å². The lowest BCUT2D eigenvalue weighted by molar-refractivity contribution is -0.134. The van der Waals surface area contributed by atoms with E-state index in [1.54, 1.807) is 32.3 Å². The molecule has 2 fully saturated rings. The highest BCUT2D eigenvalue weighted by molar-refractivity contribution is 7.89. The SMILES string of the molecule is O=C1CCCCCN1CC(=O)N1CCc2cc(S(=O)(=O)N3CCCCC3)ccc21. The quantitative estimate of drug-likeness (QED) is 0.749. The molecule has 4 rings (SSSR count). The van der Waals surface area contributed by atoms with Crippen molar-refractivity contribution in [3.63, 3.8) is 0 Å². The van der Waals surface area contributed by atoms with E-state index in [1.165, 1.54) is 0 Å². The van der Waals surface area contributed by atoms with Crippen LogP contribution in [0.4, 0.5) is 5.69 Å². The normalized spacial score (nSPS) is 21.2. The van der Waals surface area contributed by atoms with Gasteiger partial charge in [-0.15, -0.1) is 0 Å². The Labute approximate surface area is 172 Å². The summed E-state index contributed by atoms with van der Waals surface area (Å²) in [6.45, 7) is 2.43. The van der Waals surface area contributed by atoms with Crippen LogP contribution in [0.1, 0.15) is 50.5 Å². The van der Waals surface area contributed by atoms with Crippen LogP contribution in [0.2, 0.25) is 0 Å². The Morgan fingerprint density at radius 3 is 2.41 bits per heavy atom. The van der Waals surface area contributed by atoms with Gasteiger partial charge in [-0.1, -0.05) is 12.8 Å². The average Bonchev–Trinajstić information content (AvgIpc) is 3.06. The number of piperidine rings is 1. The van der Waals surface area contributed by atoms with Gasteiger partial charge in [0.15, 0.2) is 0 Å². The van der Waals surface area contributed by atoms with Crippen molar-refractivity contribution in [2.45, 2.75) is 56.3 Å². The minimum atomic E-state index is -3.48. The highest BCUT2D eigenvalue weighted by atomic mass is 32.2. The standard InChI is InChI=1S/C21H29N3O4S/c25-20-7-3-1-4-11-22(20)16-21(26)24-14-10-17-15-18(8-9-19(17)24)29(27,28)23-12-5-2-6-13-23/h8-9,15H,1-7,10-14,16H2. The number of anilines is 1. The van der Waals surface area contributed by atoms with E-state index in [9.17, 15) is 18.0 Å². The molecule has 1 aromatic rings.